The van der Waals surface area contributed by atoms with E-state index in [0.717, 1.165) is 23.7 Å². The van der Waals surface area contributed by atoms with E-state index in [0.29, 0.717) is 17.6 Å². The van der Waals surface area contributed by atoms with Crippen LogP contribution in [0.15, 0.2) is 12.1 Å². The molecule has 1 heterocycles. The molecule has 1 fully saturated rings. The van der Waals surface area contributed by atoms with Crippen molar-refractivity contribution in [3.63, 3.8) is 0 Å². The minimum absolute atomic E-state index is 0.133. The maximum absolute atomic E-state index is 10.7. The number of unbranched alkanes of at least 4 members (excludes halogenated alkanes) is 2. The van der Waals surface area contributed by atoms with Gasteiger partial charge in [0.1, 0.15) is 17.1 Å². The van der Waals surface area contributed by atoms with Gasteiger partial charge in [-0.15, -0.1) is 0 Å². The Morgan fingerprint density at radius 1 is 1.22 bits per heavy atom. The van der Waals surface area contributed by atoms with E-state index in [-0.39, 0.29) is 5.60 Å². The summed E-state index contributed by atoms with van der Waals surface area (Å²) in [6.45, 7) is 9.02. The third kappa shape index (κ3) is 3.22. The van der Waals surface area contributed by atoms with Crippen molar-refractivity contribution in [1.82, 2.24) is 0 Å². The highest BCUT2D eigenvalue weighted by atomic mass is 16.5. The number of phenols is 1. The molecule has 2 aliphatic rings. The van der Waals surface area contributed by atoms with Gasteiger partial charge in [0.05, 0.1) is 0 Å². The topological polar surface area (TPSA) is 29.5 Å². The molecule has 0 spiro atoms. The molecule has 0 unspecified atom stereocenters. The normalized spacial score (nSPS) is 28.6. The fraction of sp³-hybridized carbons (Fsp3) is 0.714. The van der Waals surface area contributed by atoms with Crippen LogP contribution in [-0.2, 0) is 6.42 Å². The Morgan fingerprint density at radius 2 is 2.00 bits per heavy atom. The Morgan fingerprint density at radius 3 is 2.74 bits per heavy atom. The third-order valence-electron chi connectivity index (χ3n) is 6.00. The van der Waals surface area contributed by atoms with E-state index < -0.39 is 0 Å². The van der Waals surface area contributed by atoms with Crippen molar-refractivity contribution in [2.75, 3.05) is 0 Å². The Balaban J connectivity index is 1.94. The summed E-state index contributed by atoms with van der Waals surface area (Å²) in [6, 6.07) is 4.19. The van der Waals surface area contributed by atoms with Gasteiger partial charge in [-0.05, 0) is 69.1 Å². The number of hydrogen-bond acceptors (Lipinski definition) is 2. The fourth-order valence-corrected chi connectivity index (χ4v) is 4.74. The van der Waals surface area contributed by atoms with Crippen LogP contribution in [0, 0.1) is 11.8 Å². The molecule has 0 saturated heterocycles. The molecular weight excluding hydrogens is 284 g/mol. The second-order valence-electron chi connectivity index (χ2n) is 8.32. The molecule has 1 aliphatic heterocycles. The van der Waals surface area contributed by atoms with Crippen LogP contribution in [0.3, 0.4) is 0 Å². The van der Waals surface area contributed by atoms with E-state index in [2.05, 4.69) is 33.8 Å². The zero-order chi connectivity index (χ0) is 16.6. The predicted octanol–water partition coefficient (Wildman–Crippen LogP) is 5.82. The summed E-state index contributed by atoms with van der Waals surface area (Å²) in [5.41, 5.74) is 2.17. The number of fused-ring (bicyclic) bond motifs is 3. The molecule has 0 amide bonds. The number of benzene rings is 1. The lowest BCUT2D eigenvalue weighted by molar-refractivity contribution is -0.0145. The number of aromatic hydroxyl groups is 1. The van der Waals surface area contributed by atoms with E-state index in [1.165, 1.54) is 44.1 Å². The molecule has 1 aromatic rings. The number of ether oxygens (including phenoxy) is 1. The van der Waals surface area contributed by atoms with E-state index in [1.807, 2.05) is 6.07 Å². The highest BCUT2D eigenvalue weighted by Gasteiger charge is 2.47. The quantitative estimate of drug-likeness (QED) is 0.710. The van der Waals surface area contributed by atoms with Crippen molar-refractivity contribution in [3.05, 3.63) is 23.3 Å². The maximum atomic E-state index is 10.7. The molecule has 1 N–H and O–H groups in total. The Kier molecular flexibility index (Phi) is 4.62. The van der Waals surface area contributed by atoms with E-state index in [9.17, 15) is 5.11 Å². The van der Waals surface area contributed by atoms with Crippen LogP contribution in [-0.4, -0.2) is 10.7 Å². The summed E-state index contributed by atoms with van der Waals surface area (Å²) in [5.74, 6) is 3.11. The van der Waals surface area contributed by atoms with Gasteiger partial charge in [0.2, 0.25) is 0 Å². The first-order valence-electron chi connectivity index (χ1n) is 9.47. The zero-order valence-electron chi connectivity index (χ0n) is 15.2. The van der Waals surface area contributed by atoms with Crippen molar-refractivity contribution in [2.24, 2.45) is 11.8 Å². The number of aryl methyl sites for hydroxylation is 1. The summed E-state index contributed by atoms with van der Waals surface area (Å²) >= 11 is 0. The van der Waals surface area contributed by atoms with Gasteiger partial charge >= 0.3 is 0 Å². The average Bonchev–Trinajstić information content (AvgIpc) is 2.46. The van der Waals surface area contributed by atoms with Crippen LogP contribution in [0.25, 0.3) is 0 Å². The monoisotopic (exact) mass is 316 g/mol. The molecule has 1 aliphatic carbocycles. The highest BCUT2D eigenvalue weighted by molar-refractivity contribution is 5.52. The molecule has 0 bridgehead atoms. The number of phenolic OH excluding ortho intramolecular Hbond substituents is 1. The van der Waals surface area contributed by atoms with Crippen LogP contribution >= 0.6 is 0 Å². The number of rotatable bonds is 4. The van der Waals surface area contributed by atoms with Crippen molar-refractivity contribution in [2.45, 2.75) is 84.2 Å². The maximum Gasteiger partial charge on any atom is 0.127 e. The largest absolute Gasteiger partial charge is 0.508 e. The molecule has 0 aromatic heterocycles. The van der Waals surface area contributed by atoms with E-state index in [1.54, 1.807) is 0 Å². The standard InChI is InChI=1S/C21H32O2/c1-5-6-7-8-15-12-18(22)20-16-11-14(2)9-10-17(16)21(3,4)23-19(20)13-15/h12-14,16-17,22H,5-11H2,1-4H3/t14-,16-,17-/m1/s1. The lowest BCUT2D eigenvalue weighted by Gasteiger charge is -2.48. The molecule has 3 atom stereocenters. The van der Waals surface area contributed by atoms with Crippen LogP contribution in [0.2, 0.25) is 0 Å². The molecule has 1 aromatic carbocycles. The molecular formula is C21H32O2. The van der Waals surface area contributed by atoms with Crippen LogP contribution < -0.4 is 4.74 Å². The molecule has 0 radical (unpaired) electrons. The van der Waals surface area contributed by atoms with E-state index in [4.69, 9.17) is 4.74 Å². The summed E-state index contributed by atoms with van der Waals surface area (Å²) in [6.07, 6.45) is 8.33. The van der Waals surface area contributed by atoms with Gasteiger partial charge in [-0.25, -0.2) is 0 Å². The summed E-state index contributed by atoms with van der Waals surface area (Å²) in [4.78, 5) is 0. The smallest absolute Gasteiger partial charge is 0.127 e. The summed E-state index contributed by atoms with van der Waals surface area (Å²) in [5, 5.41) is 10.7. The summed E-state index contributed by atoms with van der Waals surface area (Å²) in [7, 11) is 0. The van der Waals surface area contributed by atoms with Gasteiger partial charge in [0.25, 0.3) is 0 Å². The number of hydrogen-bond donors (Lipinski definition) is 1. The Bertz CT molecular complexity index is 561. The third-order valence-corrected chi connectivity index (χ3v) is 6.00. The Labute approximate surface area is 141 Å². The lowest BCUT2D eigenvalue weighted by Crippen LogP contribution is -2.46. The van der Waals surface area contributed by atoms with Crippen LogP contribution in [0.1, 0.15) is 83.3 Å². The minimum atomic E-state index is -0.133. The average molecular weight is 316 g/mol. The fourth-order valence-electron chi connectivity index (χ4n) is 4.74. The van der Waals surface area contributed by atoms with Crippen LogP contribution in [0.5, 0.6) is 11.5 Å². The van der Waals surface area contributed by atoms with Gasteiger partial charge in [-0.3, -0.25) is 0 Å². The van der Waals surface area contributed by atoms with Crippen molar-refractivity contribution >= 4 is 0 Å². The van der Waals surface area contributed by atoms with Crippen molar-refractivity contribution in [3.8, 4) is 11.5 Å². The molecule has 23 heavy (non-hydrogen) atoms. The second-order valence-corrected chi connectivity index (χ2v) is 8.32. The van der Waals surface area contributed by atoms with Gasteiger partial charge in [-0.2, -0.15) is 0 Å². The van der Waals surface area contributed by atoms with Crippen LogP contribution in [0.4, 0.5) is 0 Å². The minimum Gasteiger partial charge on any atom is -0.508 e. The van der Waals surface area contributed by atoms with Gasteiger partial charge in [-0.1, -0.05) is 33.1 Å². The van der Waals surface area contributed by atoms with Crippen molar-refractivity contribution in [1.29, 1.82) is 0 Å². The molecule has 2 heteroatoms. The van der Waals surface area contributed by atoms with Gasteiger partial charge in [0, 0.05) is 11.5 Å². The molecule has 2 nitrogen and oxygen atoms in total. The van der Waals surface area contributed by atoms with Crippen molar-refractivity contribution < 1.29 is 9.84 Å². The molecule has 128 valence electrons. The summed E-state index contributed by atoms with van der Waals surface area (Å²) < 4.78 is 6.39. The van der Waals surface area contributed by atoms with Gasteiger partial charge < -0.3 is 9.84 Å². The SMILES string of the molecule is CCCCCc1cc(O)c2c(c1)OC(C)(C)[C@@H]1CC[C@@H](C)C[C@@H]21. The first-order valence-corrected chi connectivity index (χ1v) is 9.47. The predicted molar refractivity (Wildman–Crippen MR) is 95.3 cm³/mol. The molecule has 1 saturated carbocycles. The second kappa shape index (κ2) is 6.37. The first-order chi connectivity index (χ1) is 10.9. The zero-order valence-corrected chi connectivity index (χ0v) is 15.2. The highest BCUT2D eigenvalue weighted by Crippen LogP contribution is 2.55. The lowest BCUT2D eigenvalue weighted by atomic mass is 9.64. The van der Waals surface area contributed by atoms with E-state index >= 15 is 0 Å². The molecule has 3 rings (SSSR count). The Hall–Kier alpha value is -1.18. The first kappa shape index (κ1) is 16.7. The van der Waals surface area contributed by atoms with Gasteiger partial charge in [0.15, 0.2) is 0 Å².